The predicted molar refractivity (Wildman–Crippen MR) is 76.9 cm³/mol. The number of nitrogens with two attached hydrogens (primary N) is 1. The quantitative estimate of drug-likeness (QED) is 0.856. The normalized spacial score (nSPS) is 16.7. The second kappa shape index (κ2) is 5.59. The van der Waals surface area contributed by atoms with Crippen LogP contribution in [0, 0.1) is 5.41 Å². The summed E-state index contributed by atoms with van der Waals surface area (Å²) in [5.74, 6) is 0.377. The third-order valence-electron chi connectivity index (χ3n) is 4.31. The first kappa shape index (κ1) is 13.8. The number of nitrogens with zero attached hydrogens (tertiary/aromatic N) is 1. The van der Waals surface area contributed by atoms with E-state index in [4.69, 9.17) is 5.73 Å². The molecule has 0 spiro atoms. The molecule has 104 valence electrons. The molecule has 1 aliphatic carbocycles. The van der Waals surface area contributed by atoms with Gasteiger partial charge in [-0.3, -0.25) is 4.79 Å². The van der Waals surface area contributed by atoms with Crippen molar-refractivity contribution < 1.29 is 4.79 Å². The van der Waals surface area contributed by atoms with Gasteiger partial charge in [-0.05, 0) is 43.2 Å². The average molecular weight is 261 g/mol. The Balaban J connectivity index is 2.01. The lowest BCUT2D eigenvalue weighted by molar-refractivity contribution is 0.0850. The number of hydrogen-bond donors (Lipinski definition) is 2. The van der Waals surface area contributed by atoms with Crippen LogP contribution < -0.4 is 11.1 Å². The molecule has 3 N–H and O–H groups in total. The first-order valence-corrected chi connectivity index (χ1v) is 7.13. The molecule has 4 nitrogen and oxygen atoms in total. The molecule has 2 rings (SSSR count). The SMILES string of the molecule is CCc1cc(C(=O)NCC2(CC)CCC2)cc(N)n1. The summed E-state index contributed by atoms with van der Waals surface area (Å²) in [7, 11) is 0. The van der Waals surface area contributed by atoms with Crippen LogP contribution in [0.15, 0.2) is 12.1 Å². The molecule has 1 aromatic heterocycles. The van der Waals surface area contributed by atoms with Crippen molar-refractivity contribution in [3.8, 4) is 0 Å². The van der Waals surface area contributed by atoms with Gasteiger partial charge in [0.25, 0.3) is 5.91 Å². The number of nitrogen functional groups attached to an aromatic ring is 1. The second-order valence-electron chi connectivity index (χ2n) is 5.52. The lowest BCUT2D eigenvalue weighted by atomic mass is 9.67. The van der Waals surface area contributed by atoms with Crippen LogP contribution in [0.5, 0.6) is 0 Å². The van der Waals surface area contributed by atoms with E-state index in [2.05, 4.69) is 17.2 Å². The Morgan fingerprint density at radius 1 is 1.42 bits per heavy atom. The summed E-state index contributed by atoms with van der Waals surface area (Å²) in [6.07, 6.45) is 5.65. The summed E-state index contributed by atoms with van der Waals surface area (Å²) < 4.78 is 0. The molecule has 0 atom stereocenters. The highest BCUT2D eigenvalue weighted by atomic mass is 16.1. The molecule has 1 aromatic rings. The Morgan fingerprint density at radius 2 is 2.16 bits per heavy atom. The van der Waals surface area contributed by atoms with E-state index in [1.54, 1.807) is 6.07 Å². The number of aromatic nitrogens is 1. The molecule has 1 amide bonds. The summed E-state index contributed by atoms with van der Waals surface area (Å²) in [6, 6.07) is 3.47. The van der Waals surface area contributed by atoms with Crippen molar-refractivity contribution in [3.63, 3.8) is 0 Å². The van der Waals surface area contributed by atoms with E-state index in [-0.39, 0.29) is 5.91 Å². The van der Waals surface area contributed by atoms with Crippen LogP contribution >= 0.6 is 0 Å². The lowest BCUT2D eigenvalue weighted by Gasteiger charge is -2.41. The molecule has 0 bridgehead atoms. The van der Waals surface area contributed by atoms with Crippen LogP contribution in [0.4, 0.5) is 5.82 Å². The van der Waals surface area contributed by atoms with Gasteiger partial charge in [0, 0.05) is 17.8 Å². The molecule has 0 radical (unpaired) electrons. The molecular formula is C15H23N3O. The topological polar surface area (TPSA) is 68.0 Å². The molecule has 1 fully saturated rings. The van der Waals surface area contributed by atoms with Crippen LogP contribution in [0.2, 0.25) is 0 Å². The molecule has 19 heavy (non-hydrogen) atoms. The highest BCUT2D eigenvalue weighted by Gasteiger charge is 2.35. The molecular weight excluding hydrogens is 238 g/mol. The number of amides is 1. The van der Waals surface area contributed by atoms with E-state index in [9.17, 15) is 4.79 Å². The van der Waals surface area contributed by atoms with Crippen molar-refractivity contribution in [2.45, 2.75) is 46.0 Å². The van der Waals surface area contributed by atoms with Crippen LogP contribution in [-0.2, 0) is 6.42 Å². The zero-order valence-electron chi connectivity index (χ0n) is 11.8. The maximum absolute atomic E-state index is 12.2. The van der Waals surface area contributed by atoms with Gasteiger partial charge in [-0.2, -0.15) is 0 Å². The van der Waals surface area contributed by atoms with Crippen molar-refractivity contribution in [2.75, 3.05) is 12.3 Å². The smallest absolute Gasteiger partial charge is 0.251 e. The Hall–Kier alpha value is -1.58. The van der Waals surface area contributed by atoms with Gasteiger partial charge in [0.05, 0.1) is 0 Å². The molecule has 0 unspecified atom stereocenters. The highest BCUT2D eigenvalue weighted by Crippen LogP contribution is 2.43. The molecule has 1 heterocycles. The molecule has 0 saturated heterocycles. The number of carbonyl (C=O) groups is 1. The van der Waals surface area contributed by atoms with Crippen LogP contribution in [0.3, 0.4) is 0 Å². The van der Waals surface area contributed by atoms with Crippen molar-refractivity contribution in [2.24, 2.45) is 5.41 Å². The molecule has 4 heteroatoms. The third-order valence-corrected chi connectivity index (χ3v) is 4.31. The zero-order chi connectivity index (χ0) is 13.9. The van der Waals surface area contributed by atoms with Crippen molar-refractivity contribution in [1.29, 1.82) is 0 Å². The Bertz CT molecular complexity index is 461. The van der Waals surface area contributed by atoms with Gasteiger partial charge in [0.2, 0.25) is 0 Å². The van der Waals surface area contributed by atoms with E-state index in [0.29, 0.717) is 16.8 Å². The first-order valence-electron chi connectivity index (χ1n) is 7.13. The fraction of sp³-hybridized carbons (Fsp3) is 0.600. The van der Waals surface area contributed by atoms with E-state index in [1.165, 1.54) is 19.3 Å². The maximum atomic E-state index is 12.2. The molecule has 0 aromatic carbocycles. The first-order chi connectivity index (χ1) is 9.08. The zero-order valence-corrected chi connectivity index (χ0v) is 11.8. The largest absolute Gasteiger partial charge is 0.384 e. The standard InChI is InChI=1S/C15H23N3O/c1-3-12-8-11(9-13(16)18-12)14(19)17-10-15(4-2)6-5-7-15/h8-9H,3-7,10H2,1-2H3,(H2,16,18)(H,17,19). The van der Waals surface area contributed by atoms with Crippen LogP contribution in [-0.4, -0.2) is 17.4 Å². The number of anilines is 1. The molecule has 1 saturated carbocycles. The summed E-state index contributed by atoms with van der Waals surface area (Å²) in [5.41, 5.74) is 7.54. The summed E-state index contributed by atoms with van der Waals surface area (Å²) in [6.45, 7) is 4.97. The number of aryl methyl sites for hydroxylation is 1. The van der Waals surface area contributed by atoms with E-state index in [1.807, 2.05) is 13.0 Å². The van der Waals surface area contributed by atoms with Crippen molar-refractivity contribution in [1.82, 2.24) is 10.3 Å². The predicted octanol–water partition coefficient (Wildman–Crippen LogP) is 2.54. The Kier molecular flexibility index (Phi) is 4.08. The average Bonchev–Trinajstić information content (AvgIpc) is 2.37. The molecule has 0 aliphatic heterocycles. The number of hydrogen-bond acceptors (Lipinski definition) is 3. The van der Waals surface area contributed by atoms with Crippen molar-refractivity contribution in [3.05, 3.63) is 23.4 Å². The lowest BCUT2D eigenvalue weighted by Crippen LogP contribution is -2.41. The summed E-state index contributed by atoms with van der Waals surface area (Å²) in [4.78, 5) is 16.4. The van der Waals surface area contributed by atoms with Crippen LogP contribution in [0.1, 0.15) is 55.6 Å². The van der Waals surface area contributed by atoms with Crippen molar-refractivity contribution >= 4 is 11.7 Å². The maximum Gasteiger partial charge on any atom is 0.251 e. The number of rotatable bonds is 5. The Morgan fingerprint density at radius 3 is 2.68 bits per heavy atom. The number of carbonyl (C=O) groups excluding carboxylic acids is 1. The Labute approximate surface area is 114 Å². The molecule has 1 aliphatic rings. The second-order valence-corrected chi connectivity index (χ2v) is 5.52. The van der Waals surface area contributed by atoms with Gasteiger partial charge < -0.3 is 11.1 Å². The van der Waals surface area contributed by atoms with E-state index >= 15 is 0 Å². The minimum atomic E-state index is -0.0384. The van der Waals surface area contributed by atoms with E-state index < -0.39 is 0 Å². The van der Waals surface area contributed by atoms with Gasteiger partial charge in [-0.1, -0.05) is 20.3 Å². The van der Waals surface area contributed by atoms with Gasteiger partial charge in [-0.25, -0.2) is 4.98 Å². The summed E-state index contributed by atoms with van der Waals surface area (Å²) in [5, 5.41) is 3.05. The minimum absolute atomic E-state index is 0.0384. The van der Waals surface area contributed by atoms with Crippen LogP contribution in [0.25, 0.3) is 0 Å². The van der Waals surface area contributed by atoms with Gasteiger partial charge in [0.1, 0.15) is 5.82 Å². The fourth-order valence-electron chi connectivity index (χ4n) is 2.63. The van der Waals surface area contributed by atoms with Gasteiger partial charge >= 0.3 is 0 Å². The highest BCUT2D eigenvalue weighted by molar-refractivity contribution is 5.94. The number of nitrogens with one attached hydrogen (secondary N) is 1. The number of pyridine rings is 1. The van der Waals surface area contributed by atoms with Gasteiger partial charge in [0.15, 0.2) is 0 Å². The summed E-state index contributed by atoms with van der Waals surface area (Å²) >= 11 is 0. The van der Waals surface area contributed by atoms with Gasteiger partial charge in [-0.15, -0.1) is 0 Å². The minimum Gasteiger partial charge on any atom is -0.384 e. The fourth-order valence-corrected chi connectivity index (χ4v) is 2.63. The third kappa shape index (κ3) is 3.06. The van der Waals surface area contributed by atoms with E-state index in [0.717, 1.165) is 25.1 Å². The monoisotopic (exact) mass is 261 g/mol.